The average molecular weight is 251 g/mol. The normalized spacial score (nSPS) is 14.7. The molecule has 1 aromatic rings. The fourth-order valence-electron chi connectivity index (χ4n) is 1.27. The van der Waals surface area contributed by atoms with Gasteiger partial charge in [0.25, 0.3) is 0 Å². The standard InChI is InChI=1S/C10H12Cl2O3/c1-15-10-6(3-2-4-7(10)12)9(14)8(13)5-11/h2-4,8-9,13-14H,5H2,1H3. The zero-order chi connectivity index (χ0) is 11.4. The number of aliphatic hydroxyl groups excluding tert-OH is 2. The Morgan fingerprint density at radius 1 is 1.40 bits per heavy atom. The minimum absolute atomic E-state index is 0.0587. The molecule has 0 saturated heterocycles. The van der Waals surface area contributed by atoms with Gasteiger partial charge in [-0.05, 0) is 6.07 Å². The van der Waals surface area contributed by atoms with Crippen LogP contribution in [0.3, 0.4) is 0 Å². The Bertz CT molecular complexity index is 330. The number of hydrogen-bond donors (Lipinski definition) is 2. The molecule has 2 atom stereocenters. The van der Waals surface area contributed by atoms with Crippen LogP contribution in [-0.4, -0.2) is 29.3 Å². The summed E-state index contributed by atoms with van der Waals surface area (Å²) in [6, 6.07) is 4.94. The number of halogens is 2. The number of hydrogen-bond acceptors (Lipinski definition) is 3. The quantitative estimate of drug-likeness (QED) is 0.804. The van der Waals surface area contributed by atoms with Gasteiger partial charge >= 0.3 is 0 Å². The molecule has 0 fully saturated rings. The molecule has 3 nitrogen and oxygen atoms in total. The molecule has 0 aromatic heterocycles. The van der Waals surface area contributed by atoms with Crippen molar-refractivity contribution in [1.82, 2.24) is 0 Å². The summed E-state index contributed by atoms with van der Waals surface area (Å²) in [6.45, 7) is 0. The third-order valence-electron chi connectivity index (χ3n) is 2.04. The van der Waals surface area contributed by atoms with Gasteiger partial charge in [-0.15, -0.1) is 11.6 Å². The number of ether oxygens (including phenoxy) is 1. The summed E-state index contributed by atoms with van der Waals surface area (Å²) in [4.78, 5) is 0. The van der Waals surface area contributed by atoms with Gasteiger partial charge in [0, 0.05) is 5.56 Å². The first-order chi connectivity index (χ1) is 7.11. The minimum atomic E-state index is -1.10. The van der Waals surface area contributed by atoms with E-state index in [1.165, 1.54) is 7.11 Å². The molecule has 5 heteroatoms. The molecule has 0 radical (unpaired) electrons. The molecule has 0 amide bonds. The lowest BCUT2D eigenvalue weighted by Crippen LogP contribution is -2.20. The minimum Gasteiger partial charge on any atom is -0.495 e. The molecule has 15 heavy (non-hydrogen) atoms. The van der Waals surface area contributed by atoms with Crippen LogP contribution in [0.1, 0.15) is 11.7 Å². The van der Waals surface area contributed by atoms with Crippen molar-refractivity contribution in [1.29, 1.82) is 0 Å². The fourth-order valence-corrected chi connectivity index (χ4v) is 1.69. The SMILES string of the molecule is COc1c(Cl)cccc1C(O)C(O)CCl. The number of benzene rings is 1. The second kappa shape index (κ2) is 5.56. The van der Waals surface area contributed by atoms with Gasteiger partial charge in [-0.1, -0.05) is 23.7 Å². The highest BCUT2D eigenvalue weighted by Gasteiger charge is 2.22. The van der Waals surface area contributed by atoms with E-state index in [4.69, 9.17) is 27.9 Å². The van der Waals surface area contributed by atoms with Crippen LogP contribution in [0.15, 0.2) is 18.2 Å². The van der Waals surface area contributed by atoms with Crippen molar-refractivity contribution in [3.63, 3.8) is 0 Å². The topological polar surface area (TPSA) is 49.7 Å². The van der Waals surface area contributed by atoms with Crippen molar-refractivity contribution < 1.29 is 14.9 Å². The summed E-state index contributed by atoms with van der Waals surface area (Å²) in [5.41, 5.74) is 0.429. The van der Waals surface area contributed by atoms with E-state index in [-0.39, 0.29) is 5.88 Å². The molecular weight excluding hydrogens is 239 g/mol. The smallest absolute Gasteiger partial charge is 0.143 e. The van der Waals surface area contributed by atoms with E-state index in [9.17, 15) is 10.2 Å². The highest BCUT2D eigenvalue weighted by molar-refractivity contribution is 6.32. The van der Waals surface area contributed by atoms with E-state index in [0.717, 1.165) is 0 Å². The maximum absolute atomic E-state index is 9.75. The average Bonchev–Trinajstić information content (AvgIpc) is 2.26. The molecular formula is C10H12Cl2O3. The van der Waals surface area contributed by atoms with Gasteiger partial charge in [-0.25, -0.2) is 0 Å². The van der Waals surface area contributed by atoms with Gasteiger partial charge in [0.1, 0.15) is 11.9 Å². The summed E-state index contributed by atoms with van der Waals surface area (Å²) >= 11 is 11.3. The van der Waals surface area contributed by atoms with Crippen LogP contribution in [0.2, 0.25) is 5.02 Å². The molecule has 1 rings (SSSR count). The first-order valence-electron chi connectivity index (χ1n) is 4.36. The van der Waals surface area contributed by atoms with Crippen molar-refractivity contribution in [2.75, 3.05) is 13.0 Å². The van der Waals surface area contributed by atoms with E-state index >= 15 is 0 Å². The van der Waals surface area contributed by atoms with Gasteiger partial charge in [0.2, 0.25) is 0 Å². The molecule has 0 spiro atoms. The van der Waals surface area contributed by atoms with E-state index < -0.39 is 12.2 Å². The maximum Gasteiger partial charge on any atom is 0.143 e. The van der Waals surface area contributed by atoms with Crippen LogP contribution >= 0.6 is 23.2 Å². The maximum atomic E-state index is 9.75. The molecule has 2 N–H and O–H groups in total. The Kier molecular flexibility index (Phi) is 4.67. The van der Waals surface area contributed by atoms with Gasteiger partial charge in [0.15, 0.2) is 0 Å². The van der Waals surface area contributed by atoms with Crippen molar-refractivity contribution in [3.05, 3.63) is 28.8 Å². The van der Waals surface area contributed by atoms with Gasteiger partial charge in [0.05, 0.1) is 24.1 Å². The Labute approximate surface area is 98.2 Å². The zero-order valence-corrected chi connectivity index (χ0v) is 9.66. The predicted octanol–water partition coefficient (Wildman–Crippen LogP) is 1.98. The van der Waals surface area contributed by atoms with Crippen LogP contribution in [0.4, 0.5) is 0 Å². The highest BCUT2D eigenvalue weighted by Crippen LogP contribution is 2.33. The summed E-state index contributed by atoms with van der Waals surface area (Å²) in [6.07, 6.45) is -2.14. The van der Waals surface area contributed by atoms with Crippen molar-refractivity contribution in [3.8, 4) is 5.75 Å². The summed E-state index contributed by atoms with van der Waals surface area (Å²) in [5.74, 6) is 0.299. The highest BCUT2D eigenvalue weighted by atomic mass is 35.5. The van der Waals surface area contributed by atoms with Crippen molar-refractivity contribution in [2.24, 2.45) is 0 Å². The van der Waals surface area contributed by atoms with Crippen molar-refractivity contribution >= 4 is 23.2 Å². The van der Waals surface area contributed by atoms with Crippen LogP contribution in [0.25, 0.3) is 0 Å². The molecule has 0 aliphatic carbocycles. The molecule has 0 aliphatic heterocycles. The number of aliphatic hydroxyl groups is 2. The Hall–Kier alpha value is -0.480. The van der Waals surface area contributed by atoms with Gasteiger partial charge in [-0.2, -0.15) is 0 Å². The molecule has 0 heterocycles. The van der Waals surface area contributed by atoms with Crippen LogP contribution in [0, 0.1) is 0 Å². The number of alkyl halides is 1. The van der Waals surface area contributed by atoms with Gasteiger partial charge in [-0.3, -0.25) is 0 Å². The second-order valence-electron chi connectivity index (χ2n) is 3.03. The fraction of sp³-hybridized carbons (Fsp3) is 0.400. The lowest BCUT2D eigenvalue weighted by molar-refractivity contribution is 0.0312. The monoisotopic (exact) mass is 250 g/mol. The predicted molar refractivity (Wildman–Crippen MR) is 59.7 cm³/mol. The lowest BCUT2D eigenvalue weighted by Gasteiger charge is -2.18. The summed E-state index contributed by atoms with van der Waals surface area (Å²) in [5, 5.41) is 19.5. The Morgan fingerprint density at radius 2 is 2.07 bits per heavy atom. The Balaban J connectivity index is 3.07. The van der Waals surface area contributed by atoms with Crippen LogP contribution < -0.4 is 4.74 Å². The van der Waals surface area contributed by atoms with Crippen LogP contribution in [-0.2, 0) is 0 Å². The molecule has 84 valence electrons. The van der Waals surface area contributed by atoms with E-state index in [1.807, 2.05) is 0 Å². The molecule has 0 aliphatic rings. The summed E-state index contributed by atoms with van der Waals surface area (Å²) in [7, 11) is 1.45. The van der Waals surface area contributed by atoms with Crippen molar-refractivity contribution in [2.45, 2.75) is 12.2 Å². The Morgan fingerprint density at radius 3 is 2.60 bits per heavy atom. The summed E-state index contributed by atoms with van der Waals surface area (Å²) < 4.78 is 5.05. The van der Waals surface area contributed by atoms with E-state index in [0.29, 0.717) is 16.3 Å². The number of methoxy groups -OCH3 is 1. The number of rotatable bonds is 4. The molecule has 2 unspecified atom stereocenters. The first-order valence-corrected chi connectivity index (χ1v) is 5.27. The second-order valence-corrected chi connectivity index (χ2v) is 3.74. The van der Waals surface area contributed by atoms with E-state index in [2.05, 4.69) is 0 Å². The van der Waals surface area contributed by atoms with Crippen LogP contribution in [0.5, 0.6) is 5.75 Å². The largest absolute Gasteiger partial charge is 0.495 e. The first kappa shape index (κ1) is 12.6. The van der Waals surface area contributed by atoms with Gasteiger partial charge < -0.3 is 14.9 Å². The molecule has 0 saturated carbocycles. The van der Waals surface area contributed by atoms with E-state index in [1.54, 1.807) is 18.2 Å². The lowest BCUT2D eigenvalue weighted by atomic mass is 10.0. The third-order valence-corrected chi connectivity index (χ3v) is 2.66. The molecule has 0 bridgehead atoms. The zero-order valence-electron chi connectivity index (χ0n) is 8.15. The third kappa shape index (κ3) is 2.75. The molecule has 1 aromatic carbocycles. The number of para-hydroxylation sites is 1.